The zero-order chi connectivity index (χ0) is 12.8. The van der Waals surface area contributed by atoms with Crippen molar-refractivity contribution in [3.05, 3.63) is 0 Å². The molecule has 2 saturated heterocycles. The van der Waals surface area contributed by atoms with E-state index in [-0.39, 0.29) is 17.4 Å². The molecule has 4 atom stereocenters. The van der Waals surface area contributed by atoms with Crippen LogP contribution in [0.15, 0.2) is 0 Å². The average molecular weight is 259 g/mol. The molecule has 2 aliphatic rings. The molecular formula is C12H25NO3Si. The van der Waals surface area contributed by atoms with Crippen molar-refractivity contribution in [3.8, 4) is 0 Å². The molecule has 0 aromatic heterocycles. The van der Waals surface area contributed by atoms with Crippen LogP contribution in [0.3, 0.4) is 0 Å². The van der Waals surface area contributed by atoms with E-state index in [9.17, 15) is 0 Å². The van der Waals surface area contributed by atoms with Gasteiger partial charge in [-0.2, -0.15) is 0 Å². The van der Waals surface area contributed by atoms with Gasteiger partial charge in [-0.25, -0.2) is 0 Å². The number of ether oxygens (including phenoxy) is 2. The van der Waals surface area contributed by atoms with Crippen LogP contribution in [-0.4, -0.2) is 46.5 Å². The van der Waals surface area contributed by atoms with Crippen molar-refractivity contribution in [1.29, 1.82) is 0 Å². The van der Waals surface area contributed by atoms with E-state index in [1.165, 1.54) is 0 Å². The maximum atomic E-state index is 6.29. The minimum Gasteiger partial charge on any atom is -0.391 e. The van der Waals surface area contributed by atoms with Gasteiger partial charge in [0.2, 0.25) is 0 Å². The number of methoxy groups -OCH3 is 1. The third-order valence-corrected chi connectivity index (χ3v) is 8.65. The van der Waals surface area contributed by atoms with E-state index in [1.54, 1.807) is 7.11 Å². The van der Waals surface area contributed by atoms with Crippen molar-refractivity contribution >= 4 is 8.32 Å². The van der Waals surface area contributed by atoms with Gasteiger partial charge >= 0.3 is 0 Å². The predicted octanol–water partition coefficient (Wildman–Crippen LogP) is 1.72. The number of nitrogens with one attached hydrogen (secondary N) is 1. The smallest absolute Gasteiger partial charge is 0.195 e. The van der Waals surface area contributed by atoms with Crippen LogP contribution in [0.25, 0.3) is 0 Å². The quantitative estimate of drug-likeness (QED) is 0.617. The highest BCUT2D eigenvalue weighted by atomic mass is 28.4. The molecule has 2 aliphatic heterocycles. The van der Waals surface area contributed by atoms with Crippen LogP contribution in [0, 0.1) is 0 Å². The summed E-state index contributed by atoms with van der Waals surface area (Å²) in [5.74, 6) is 0. The first-order chi connectivity index (χ1) is 7.76. The lowest BCUT2D eigenvalue weighted by atomic mass is 10.2. The number of hydrogen-bond acceptors (Lipinski definition) is 4. The van der Waals surface area contributed by atoms with Gasteiger partial charge in [0.15, 0.2) is 14.6 Å². The van der Waals surface area contributed by atoms with Crippen molar-refractivity contribution < 1.29 is 13.9 Å². The standard InChI is InChI=1S/C12H25NO3Si/c1-12(2,3)17(5,6)16-11-10-9(13-10)8(15-11)7-14-4/h8-11,13H,7H2,1-6H3/t8-,9-,10-,11?/m1/s1. The Morgan fingerprint density at radius 1 is 1.24 bits per heavy atom. The third-order valence-electron chi connectivity index (χ3n) is 4.21. The first kappa shape index (κ1) is 13.5. The van der Waals surface area contributed by atoms with Crippen LogP contribution in [0.5, 0.6) is 0 Å². The van der Waals surface area contributed by atoms with Gasteiger partial charge in [0.25, 0.3) is 0 Å². The molecule has 0 aromatic rings. The van der Waals surface area contributed by atoms with E-state index in [1.807, 2.05) is 0 Å². The van der Waals surface area contributed by atoms with Gasteiger partial charge in [0.05, 0.1) is 18.7 Å². The van der Waals surface area contributed by atoms with Gasteiger partial charge < -0.3 is 19.2 Å². The fourth-order valence-corrected chi connectivity index (χ4v) is 3.11. The zero-order valence-electron chi connectivity index (χ0n) is 11.7. The summed E-state index contributed by atoms with van der Waals surface area (Å²) in [5, 5.41) is 3.64. The van der Waals surface area contributed by atoms with Gasteiger partial charge in [-0.15, -0.1) is 0 Å². The first-order valence-electron chi connectivity index (χ1n) is 6.34. The second-order valence-electron chi connectivity index (χ2n) is 6.59. The molecule has 0 radical (unpaired) electrons. The topological polar surface area (TPSA) is 49.6 Å². The minimum absolute atomic E-state index is 0.0824. The van der Waals surface area contributed by atoms with Crippen molar-refractivity contribution in [2.45, 2.75) is 63.4 Å². The van der Waals surface area contributed by atoms with Crippen LogP contribution in [0.2, 0.25) is 18.1 Å². The molecule has 17 heavy (non-hydrogen) atoms. The first-order valence-corrected chi connectivity index (χ1v) is 9.25. The van der Waals surface area contributed by atoms with Crippen LogP contribution in [-0.2, 0) is 13.9 Å². The van der Waals surface area contributed by atoms with E-state index >= 15 is 0 Å². The molecule has 2 heterocycles. The highest BCUT2D eigenvalue weighted by Crippen LogP contribution is 2.41. The van der Waals surface area contributed by atoms with E-state index < -0.39 is 8.32 Å². The molecule has 0 aliphatic carbocycles. The second kappa shape index (κ2) is 4.31. The lowest BCUT2D eigenvalue weighted by Crippen LogP contribution is -2.46. The molecule has 5 heteroatoms. The van der Waals surface area contributed by atoms with Crippen molar-refractivity contribution in [2.75, 3.05) is 13.7 Å². The summed E-state index contributed by atoms with van der Waals surface area (Å²) in [6.07, 6.45) is 0.0702. The number of rotatable bonds is 4. The van der Waals surface area contributed by atoms with Gasteiger partial charge in [-0.3, -0.25) is 0 Å². The Bertz CT molecular complexity index is 290. The predicted molar refractivity (Wildman–Crippen MR) is 69.5 cm³/mol. The normalized spacial score (nSPS) is 37.1. The molecular weight excluding hydrogens is 234 g/mol. The number of fused-ring (bicyclic) bond motifs is 1. The average Bonchev–Trinajstić information content (AvgIpc) is 2.87. The van der Waals surface area contributed by atoms with E-state index in [2.05, 4.69) is 39.2 Å². The maximum Gasteiger partial charge on any atom is 0.195 e. The van der Waals surface area contributed by atoms with Crippen LogP contribution >= 0.6 is 0 Å². The lowest BCUT2D eigenvalue weighted by molar-refractivity contribution is -0.112. The minimum atomic E-state index is -1.74. The van der Waals surface area contributed by atoms with Gasteiger partial charge in [-0.1, -0.05) is 20.8 Å². The molecule has 0 amide bonds. The number of hydrogen-bond donors (Lipinski definition) is 1. The van der Waals surface area contributed by atoms with Gasteiger partial charge in [0, 0.05) is 7.11 Å². The largest absolute Gasteiger partial charge is 0.391 e. The molecule has 0 saturated carbocycles. The summed E-state index contributed by atoms with van der Waals surface area (Å²) in [7, 11) is -0.0323. The molecule has 1 unspecified atom stereocenters. The molecule has 1 N–H and O–H groups in total. The highest BCUT2D eigenvalue weighted by molar-refractivity contribution is 6.74. The molecule has 100 valence electrons. The highest BCUT2D eigenvalue weighted by Gasteiger charge is 2.58. The molecule has 2 fully saturated rings. The second-order valence-corrected chi connectivity index (χ2v) is 11.4. The van der Waals surface area contributed by atoms with Crippen molar-refractivity contribution in [1.82, 2.24) is 5.32 Å². The van der Waals surface area contributed by atoms with Gasteiger partial charge in [-0.05, 0) is 18.1 Å². The summed E-state index contributed by atoms with van der Waals surface area (Å²) >= 11 is 0. The molecule has 4 nitrogen and oxygen atoms in total. The Hall–Kier alpha value is 0.0569. The summed E-state index contributed by atoms with van der Waals surface area (Å²) in [4.78, 5) is 0. The van der Waals surface area contributed by atoms with E-state index in [0.717, 1.165) is 0 Å². The molecule has 2 rings (SSSR count). The van der Waals surface area contributed by atoms with E-state index in [0.29, 0.717) is 18.7 Å². The van der Waals surface area contributed by atoms with Gasteiger partial charge in [0.1, 0.15) is 6.10 Å². The summed E-state index contributed by atoms with van der Waals surface area (Å²) in [6.45, 7) is 11.9. The Morgan fingerprint density at radius 2 is 1.88 bits per heavy atom. The third kappa shape index (κ3) is 2.58. The SMILES string of the molecule is COC[C@H]1OC(O[Si](C)(C)C(C)(C)C)[C@@H]2N[C@H]12. The fraction of sp³-hybridized carbons (Fsp3) is 1.00. The number of morpholine rings is 1. The Morgan fingerprint density at radius 3 is 2.41 bits per heavy atom. The summed E-state index contributed by atoms with van der Waals surface area (Å²) < 4.78 is 17.4. The Balaban J connectivity index is 1.94. The summed E-state index contributed by atoms with van der Waals surface area (Å²) in [6, 6.07) is 0.814. The Labute approximate surface area is 105 Å². The zero-order valence-corrected chi connectivity index (χ0v) is 12.7. The fourth-order valence-electron chi connectivity index (χ4n) is 1.97. The van der Waals surface area contributed by atoms with E-state index in [4.69, 9.17) is 13.9 Å². The van der Waals surface area contributed by atoms with Crippen molar-refractivity contribution in [2.24, 2.45) is 0 Å². The van der Waals surface area contributed by atoms with Crippen LogP contribution < -0.4 is 5.32 Å². The molecule has 0 aromatic carbocycles. The maximum absolute atomic E-state index is 6.29. The summed E-state index contributed by atoms with van der Waals surface area (Å²) in [5.41, 5.74) is 0. The van der Waals surface area contributed by atoms with Crippen LogP contribution in [0.4, 0.5) is 0 Å². The molecule has 0 spiro atoms. The monoisotopic (exact) mass is 259 g/mol. The molecule has 0 bridgehead atoms. The Kier molecular flexibility index (Phi) is 3.42. The van der Waals surface area contributed by atoms with Crippen LogP contribution in [0.1, 0.15) is 20.8 Å². The van der Waals surface area contributed by atoms with Crippen molar-refractivity contribution in [3.63, 3.8) is 0 Å². The lowest BCUT2D eigenvalue weighted by Gasteiger charge is -2.38.